The van der Waals surface area contributed by atoms with Crippen LogP contribution in [0, 0.1) is 13.8 Å². The van der Waals surface area contributed by atoms with Crippen LogP contribution in [0.1, 0.15) is 22.7 Å². The zero-order chi connectivity index (χ0) is 10.7. The van der Waals surface area contributed by atoms with Crippen LogP contribution in [-0.4, -0.2) is 18.8 Å². The number of benzene rings is 1. The van der Waals surface area contributed by atoms with Crippen LogP contribution in [0.5, 0.6) is 5.75 Å². The molecule has 0 aromatic heterocycles. The molecule has 0 fully saturated rings. The monoisotopic (exact) mass is 195 g/mol. The molecule has 3 heteroatoms. The van der Waals surface area contributed by atoms with Crippen molar-refractivity contribution in [1.82, 2.24) is 0 Å². The fraction of sp³-hybridized carbons (Fsp3) is 0.455. The predicted molar refractivity (Wildman–Crippen MR) is 56.5 cm³/mol. The van der Waals surface area contributed by atoms with Crippen molar-refractivity contribution in [3.8, 4) is 5.75 Å². The Kier molecular flexibility index (Phi) is 3.49. The molecule has 0 spiro atoms. The molecule has 1 unspecified atom stereocenters. The standard InChI is InChI=1S/C11H17NO2/c1-7-4-9(10(12)6-13)11(14-3)5-8(7)2/h4-5,10,13H,6,12H2,1-3H3. The van der Waals surface area contributed by atoms with Gasteiger partial charge in [-0.1, -0.05) is 6.07 Å². The van der Waals surface area contributed by atoms with Crippen LogP contribution in [0.2, 0.25) is 0 Å². The van der Waals surface area contributed by atoms with E-state index in [1.807, 2.05) is 26.0 Å². The number of ether oxygens (including phenoxy) is 1. The number of hydrogen-bond donors (Lipinski definition) is 2. The van der Waals surface area contributed by atoms with Gasteiger partial charge in [0.05, 0.1) is 19.8 Å². The maximum Gasteiger partial charge on any atom is 0.123 e. The van der Waals surface area contributed by atoms with E-state index >= 15 is 0 Å². The van der Waals surface area contributed by atoms with Crippen LogP contribution in [0.3, 0.4) is 0 Å². The van der Waals surface area contributed by atoms with Crippen LogP contribution >= 0.6 is 0 Å². The second-order valence-electron chi connectivity index (χ2n) is 3.47. The fourth-order valence-electron chi connectivity index (χ4n) is 1.38. The molecule has 0 aliphatic heterocycles. The van der Waals surface area contributed by atoms with E-state index in [-0.39, 0.29) is 12.6 Å². The van der Waals surface area contributed by atoms with Gasteiger partial charge in [0.1, 0.15) is 5.75 Å². The second kappa shape index (κ2) is 4.44. The summed E-state index contributed by atoms with van der Waals surface area (Å²) in [6.45, 7) is 3.97. The summed E-state index contributed by atoms with van der Waals surface area (Å²) in [6, 6.07) is 3.54. The van der Waals surface area contributed by atoms with Crippen molar-refractivity contribution < 1.29 is 9.84 Å². The van der Waals surface area contributed by atoms with E-state index in [2.05, 4.69) is 0 Å². The second-order valence-corrected chi connectivity index (χ2v) is 3.47. The topological polar surface area (TPSA) is 55.5 Å². The molecule has 1 rings (SSSR count). The van der Waals surface area contributed by atoms with E-state index in [1.54, 1.807) is 7.11 Å². The van der Waals surface area contributed by atoms with Crippen LogP contribution in [0.15, 0.2) is 12.1 Å². The lowest BCUT2D eigenvalue weighted by Crippen LogP contribution is -2.15. The number of methoxy groups -OCH3 is 1. The van der Waals surface area contributed by atoms with E-state index in [1.165, 1.54) is 0 Å². The van der Waals surface area contributed by atoms with Gasteiger partial charge in [0, 0.05) is 5.56 Å². The van der Waals surface area contributed by atoms with Gasteiger partial charge < -0.3 is 15.6 Å². The number of nitrogens with two attached hydrogens (primary N) is 1. The third-order valence-electron chi connectivity index (χ3n) is 2.44. The normalized spacial score (nSPS) is 12.6. The van der Waals surface area contributed by atoms with Gasteiger partial charge in [-0.15, -0.1) is 0 Å². The highest BCUT2D eigenvalue weighted by atomic mass is 16.5. The van der Waals surface area contributed by atoms with Gasteiger partial charge in [-0.25, -0.2) is 0 Å². The summed E-state index contributed by atoms with van der Waals surface area (Å²) in [5.41, 5.74) is 8.94. The van der Waals surface area contributed by atoms with Crippen molar-refractivity contribution in [2.24, 2.45) is 5.73 Å². The minimum Gasteiger partial charge on any atom is -0.496 e. The first-order valence-corrected chi connectivity index (χ1v) is 4.61. The fourth-order valence-corrected chi connectivity index (χ4v) is 1.38. The largest absolute Gasteiger partial charge is 0.496 e. The van der Waals surface area contributed by atoms with Crippen LogP contribution in [0.25, 0.3) is 0 Å². The summed E-state index contributed by atoms with van der Waals surface area (Å²) >= 11 is 0. The molecule has 0 aliphatic rings. The number of hydrogen-bond acceptors (Lipinski definition) is 3. The molecular weight excluding hydrogens is 178 g/mol. The van der Waals surface area contributed by atoms with E-state index in [0.29, 0.717) is 0 Å². The number of aliphatic hydroxyl groups excluding tert-OH is 1. The summed E-state index contributed by atoms with van der Waals surface area (Å²) in [4.78, 5) is 0. The van der Waals surface area contributed by atoms with Gasteiger partial charge >= 0.3 is 0 Å². The van der Waals surface area contributed by atoms with Crippen LogP contribution in [0.4, 0.5) is 0 Å². The Hall–Kier alpha value is -1.06. The SMILES string of the molecule is COc1cc(C)c(C)cc1C(N)CO. The predicted octanol–water partition coefficient (Wildman–Crippen LogP) is 1.30. The first-order valence-electron chi connectivity index (χ1n) is 4.61. The molecule has 0 bridgehead atoms. The maximum absolute atomic E-state index is 8.99. The lowest BCUT2D eigenvalue weighted by Gasteiger charge is -2.15. The first-order chi connectivity index (χ1) is 6.60. The summed E-state index contributed by atoms with van der Waals surface area (Å²) in [6.07, 6.45) is 0. The summed E-state index contributed by atoms with van der Waals surface area (Å²) in [5, 5.41) is 8.99. The molecule has 1 aromatic rings. The van der Waals surface area contributed by atoms with Crippen molar-refractivity contribution in [1.29, 1.82) is 0 Å². The van der Waals surface area contributed by atoms with E-state index < -0.39 is 0 Å². The van der Waals surface area contributed by atoms with Crippen molar-refractivity contribution in [2.75, 3.05) is 13.7 Å². The molecule has 1 atom stereocenters. The molecule has 14 heavy (non-hydrogen) atoms. The Labute approximate surface area is 84.5 Å². The molecular formula is C11H17NO2. The minimum absolute atomic E-state index is 0.0706. The van der Waals surface area contributed by atoms with Crippen LogP contribution in [-0.2, 0) is 0 Å². The zero-order valence-electron chi connectivity index (χ0n) is 8.87. The van der Waals surface area contributed by atoms with Crippen molar-refractivity contribution in [3.63, 3.8) is 0 Å². The Balaban J connectivity index is 3.19. The average molecular weight is 195 g/mol. The quantitative estimate of drug-likeness (QED) is 0.764. The molecule has 0 aliphatic carbocycles. The van der Waals surface area contributed by atoms with E-state index in [4.69, 9.17) is 15.6 Å². The summed E-state index contributed by atoms with van der Waals surface area (Å²) in [5.74, 6) is 0.745. The number of rotatable bonds is 3. The van der Waals surface area contributed by atoms with E-state index in [9.17, 15) is 0 Å². The van der Waals surface area contributed by atoms with Crippen molar-refractivity contribution >= 4 is 0 Å². The van der Waals surface area contributed by atoms with Gasteiger partial charge in [0.2, 0.25) is 0 Å². The minimum atomic E-state index is -0.371. The molecule has 0 amide bonds. The summed E-state index contributed by atoms with van der Waals surface area (Å²) < 4.78 is 5.21. The molecule has 3 nitrogen and oxygen atoms in total. The van der Waals surface area contributed by atoms with Crippen LogP contribution < -0.4 is 10.5 Å². The van der Waals surface area contributed by atoms with Crippen molar-refractivity contribution in [2.45, 2.75) is 19.9 Å². The molecule has 1 aromatic carbocycles. The molecule has 3 N–H and O–H groups in total. The third kappa shape index (κ3) is 2.05. The first kappa shape index (κ1) is 11.0. The average Bonchev–Trinajstić information content (AvgIpc) is 2.20. The van der Waals surface area contributed by atoms with Gasteiger partial charge in [-0.3, -0.25) is 0 Å². The maximum atomic E-state index is 8.99. The Morgan fingerprint density at radius 3 is 2.43 bits per heavy atom. The number of aryl methyl sites for hydroxylation is 2. The molecule has 78 valence electrons. The lowest BCUT2D eigenvalue weighted by molar-refractivity contribution is 0.264. The third-order valence-corrected chi connectivity index (χ3v) is 2.44. The smallest absolute Gasteiger partial charge is 0.123 e. The molecule has 0 saturated carbocycles. The Morgan fingerprint density at radius 1 is 1.36 bits per heavy atom. The molecule has 0 radical (unpaired) electrons. The van der Waals surface area contributed by atoms with Gasteiger partial charge in [-0.05, 0) is 31.0 Å². The lowest BCUT2D eigenvalue weighted by atomic mass is 10.0. The van der Waals surface area contributed by atoms with Crippen molar-refractivity contribution in [3.05, 3.63) is 28.8 Å². The highest BCUT2D eigenvalue weighted by Gasteiger charge is 2.12. The van der Waals surface area contributed by atoms with Gasteiger partial charge in [0.15, 0.2) is 0 Å². The van der Waals surface area contributed by atoms with Gasteiger partial charge in [-0.2, -0.15) is 0 Å². The molecule has 0 saturated heterocycles. The van der Waals surface area contributed by atoms with E-state index in [0.717, 1.165) is 22.4 Å². The Bertz CT molecular complexity index is 323. The Morgan fingerprint density at radius 2 is 1.93 bits per heavy atom. The number of aliphatic hydroxyl groups is 1. The van der Waals surface area contributed by atoms with Gasteiger partial charge in [0.25, 0.3) is 0 Å². The summed E-state index contributed by atoms with van der Waals surface area (Å²) in [7, 11) is 1.61. The zero-order valence-corrected chi connectivity index (χ0v) is 8.87. The molecule has 0 heterocycles. The highest BCUT2D eigenvalue weighted by molar-refractivity contribution is 5.43. The highest BCUT2D eigenvalue weighted by Crippen LogP contribution is 2.27.